The summed E-state index contributed by atoms with van der Waals surface area (Å²) in [5.74, 6) is 1.23. The molecule has 0 aromatic carbocycles. The first-order chi connectivity index (χ1) is 11.0. The second-order valence-electron chi connectivity index (χ2n) is 7.00. The van der Waals surface area contributed by atoms with Crippen LogP contribution < -0.4 is 10.2 Å². The maximum absolute atomic E-state index is 11.2. The minimum atomic E-state index is -0.722. The number of carboxylic acids is 1. The minimum absolute atomic E-state index is 0.147. The number of rotatable bonds is 4. The van der Waals surface area contributed by atoms with Gasteiger partial charge in [-0.05, 0) is 38.0 Å². The number of anilines is 1. The van der Waals surface area contributed by atoms with Crippen LogP contribution in [0.25, 0.3) is 0 Å². The largest absolute Gasteiger partial charge is 0.480 e. The maximum atomic E-state index is 11.2. The predicted octanol–water partition coefficient (Wildman–Crippen LogP) is 1.77. The Kier molecular flexibility index (Phi) is 4.53. The predicted molar refractivity (Wildman–Crippen MR) is 88.7 cm³/mol. The molecule has 0 amide bonds. The van der Waals surface area contributed by atoms with E-state index >= 15 is 0 Å². The molecule has 3 heterocycles. The monoisotopic (exact) mass is 318 g/mol. The molecular formula is C17H26N4O2. The van der Waals surface area contributed by atoms with Crippen molar-refractivity contribution in [1.29, 1.82) is 0 Å². The Bertz CT molecular complexity index is 582. The van der Waals surface area contributed by atoms with Crippen molar-refractivity contribution in [2.45, 2.75) is 52.0 Å². The van der Waals surface area contributed by atoms with E-state index in [0.717, 1.165) is 69.1 Å². The molecule has 0 unspecified atom stereocenters. The van der Waals surface area contributed by atoms with Crippen LogP contribution in [0.2, 0.25) is 0 Å². The smallest absolute Gasteiger partial charge is 0.320 e. The highest BCUT2D eigenvalue weighted by molar-refractivity contribution is 5.74. The van der Waals surface area contributed by atoms with Gasteiger partial charge in [0, 0.05) is 37.8 Å². The number of aryl methyl sites for hydroxylation is 2. The van der Waals surface area contributed by atoms with Gasteiger partial charge in [0.15, 0.2) is 0 Å². The van der Waals surface area contributed by atoms with Gasteiger partial charge in [-0.15, -0.1) is 0 Å². The van der Waals surface area contributed by atoms with Crippen molar-refractivity contribution in [3.8, 4) is 0 Å². The highest BCUT2D eigenvalue weighted by atomic mass is 16.4. The van der Waals surface area contributed by atoms with Crippen LogP contribution >= 0.6 is 0 Å². The molecule has 1 aromatic heterocycles. The van der Waals surface area contributed by atoms with Gasteiger partial charge in [-0.1, -0.05) is 6.92 Å². The SMILES string of the molecule is CCCc1nc(C)cc(N2CCC3(CC2)CN[C@@H](C(=O)O)C3)n1. The highest BCUT2D eigenvalue weighted by Gasteiger charge is 2.43. The van der Waals surface area contributed by atoms with Gasteiger partial charge in [-0.3, -0.25) is 4.79 Å². The van der Waals surface area contributed by atoms with Crippen LogP contribution in [0, 0.1) is 12.3 Å². The molecule has 0 aliphatic carbocycles. The summed E-state index contributed by atoms with van der Waals surface area (Å²) in [4.78, 5) is 22.7. The number of carboxylic acid groups (broad SMARTS) is 1. The Morgan fingerprint density at radius 2 is 2.17 bits per heavy atom. The van der Waals surface area contributed by atoms with Gasteiger partial charge in [0.1, 0.15) is 17.7 Å². The van der Waals surface area contributed by atoms with E-state index in [9.17, 15) is 9.90 Å². The standard InChI is InChI=1S/C17H26N4O2/c1-3-4-14-19-12(2)9-15(20-14)21-7-5-17(6-8-21)10-13(16(22)23)18-11-17/h9,13,18H,3-8,10-11H2,1-2H3,(H,22,23)/t13-/m1/s1. The van der Waals surface area contributed by atoms with Crippen molar-refractivity contribution < 1.29 is 9.90 Å². The third-order valence-electron chi connectivity index (χ3n) is 5.17. The number of piperidine rings is 1. The minimum Gasteiger partial charge on any atom is -0.480 e. The van der Waals surface area contributed by atoms with Crippen LogP contribution in [0.15, 0.2) is 6.07 Å². The fourth-order valence-electron chi connectivity index (χ4n) is 3.79. The van der Waals surface area contributed by atoms with E-state index in [4.69, 9.17) is 4.98 Å². The van der Waals surface area contributed by atoms with Crippen LogP contribution in [-0.2, 0) is 11.2 Å². The van der Waals surface area contributed by atoms with Gasteiger partial charge in [0.2, 0.25) is 0 Å². The summed E-state index contributed by atoms with van der Waals surface area (Å²) in [6, 6.07) is 1.68. The van der Waals surface area contributed by atoms with Crippen molar-refractivity contribution in [2.75, 3.05) is 24.5 Å². The number of nitrogens with one attached hydrogen (secondary N) is 1. The van der Waals surface area contributed by atoms with Crippen molar-refractivity contribution in [3.05, 3.63) is 17.6 Å². The molecule has 23 heavy (non-hydrogen) atoms. The van der Waals surface area contributed by atoms with Gasteiger partial charge in [-0.2, -0.15) is 0 Å². The molecule has 2 aliphatic heterocycles. The lowest BCUT2D eigenvalue weighted by molar-refractivity contribution is -0.139. The zero-order valence-corrected chi connectivity index (χ0v) is 14.0. The molecule has 1 spiro atoms. The molecule has 2 aliphatic rings. The van der Waals surface area contributed by atoms with E-state index in [1.807, 2.05) is 6.92 Å². The van der Waals surface area contributed by atoms with Crippen LogP contribution in [0.4, 0.5) is 5.82 Å². The first kappa shape index (κ1) is 16.2. The molecule has 0 radical (unpaired) electrons. The molecule has 2 fully saturated rings. The van der Waals surface area contributed by atoms with E-state index < -0.39 is 5.97 Å². The fourth-order valence-corrected chi connectivity index (χ4v) is 3.79. The summed E-state index contributed by atoms with van der Waals surface area (Å²) in [7, 11) is 0. The van der Waals surface area contributed by atoms with Crippen LogP contribution in [0.3, 0.4) is 0 Å². The zero-order chi connectivity index (χ0) is 16.4. The van der Waals surface area contributed by atoms with Gasteiger partial charge in [0.25, 0.3) is 0 Å². The molecule has 2 N–H and O–H groups in total. The van der Waals surface area contributed by atoms with Gasteiger partial charge >= 0.3 is 5.97 Å². The Labute approximate surface area is 137 Å². The van der Waals surface area contributed by atoms with E-state index in [1.54, 1.807) is 0 Å². The number of hydrogen-bond donors (Lipinski definition) is 2. The van der Waals surface area contributed by atoms with Crippen LogP contribution in [0.1, 0.15) is 44.1 Å². The van der Waals surface area contributed by atoms with Crippen LogP contribution in [0.5, 0.6) is 0 Å². The van der Waals surface area contributed by atoms with Gasteiger partial charge < -0.3 is 15.3 Å². The Hall–Kier alpha value is -1.69. The number of hydrogen-bond acceptors (Lipinski definition) is 5. The third kappa shape index (κ3) is 3.47. The molecule has 1 aromatic rings. The zero-order valence-electron chi connectivity index (χ0n) is 14.0. The van der Waals surface area contributed by atoms with Gasteiger partial charge in [-0.25, -0.2) is 9.97 Å². The molecule has 0 saturated carbocycles. The molecule has 1 atom stereocenters. The molecule has 3 rings (SSSR count). The first-order valence-corrected chi connectivity index (χ1v) is 8.57. The summed E-state index contributed by atoms with van der Waals surface area (Å²) in [6.45, 7) is 6.86. The summed E-state index contributed by atoms with van der Waals surface area (Å²) >= 11 is 0. The Balaban J connectivity index is 1.66. The van der Waals surface area contributed by atoms with E-state index in [0.29, 0.717) is 0 Å². The van der Waals surface area contributed by atoms with Crippen molar-refractivity contribution >= 4 is 11.8 Å². The number of nitrogens with zero attached hydrogens (tertiary/aromatic N) is 3. The fraction of sp³-hybridized carbons (Fsp3) is 0.706. The lowest BCUT2D eigenvalue weighted by Gasteiger charge is -2.39. The van der Waals surface area contributed by atoms with E-state index in [2.05, 4.69) is 28.2 Å². The topological polar surface area (TPSA) is 78.4 Å². The maximum Gasteiger partial charge on any atom is 0.320 e. The molecule has 6 heteroatoms. The number of aliphatic carboxylic acids is 1. The molecule has 6 nitrogen and oxygen atoms in total. The molecule has 126 valence electrons. The number of carbonyl (C=O) groups is 1. The average Bonchev–Trinajstić information content (AvgIpc) is 2.92. The third-order valence-corrected chi connectivity index (χ3v) is 5.17. The summed E-state index contributed by atoms with van der Waals surface area (Å²) in [5, 5.41) is 12.3. The Morgan fingerprint density at radius 3 is 2.78 bits per heavy atom. The highest BCUT2D eigenvalue weighted by Crippen LogP contribution is 2.40. The molecule has 0 bridgehead atoms. The quantitative estimate of drug-likeness (QED) is 0.881. The average molecular weight is 318 g/mol. The summed E-state index contributed by atoms with van der Waals surface area (Å²) in [5.41, 5.74) is 1.17. The Morgan fingerprint density at radius 1 is 1.43 bits per heavy atom. The van der Waals surface area contributed by atoms with Crippen molar-refractivity contribution in [2.24, 2.45) is 5.41 Å². The summed E-state index contributed by atoms with van der Waals surface area (Å²) in [6.07, 6.45) is 4.76. The van der Waals surface area contributed by atoms with Crippen molar-refractivity contribution in [1.82, 2.24) is 15.3 Å². The van der Waals surface area contributed by atoms with E-state index in [1.165, 1.54) is 0 Å². The van der Waals surface area contributed by atoms with Crippen LogP contribution in [-0.4, -0.2) is 46.7 Å². The van der Waals surface area contributed by atoms with Crippen molar-refractivity contribution in [3.63, 3.8) is 0 Å². The second-order valence-corrected chi connectivity index (χ2v) is 7.00. The lowest BCUT2D eigenvalue weighted by Crippen LogP contribution is -2.41. The first-order valence-electron chi connectivity index (χ1n) is 8.57. The lowest BCUT2D eigenvalue weighted by atomic mass is 9.76. The van der Waals surface area contributed by atoms with E-state index in [-0.39, 0.29) is 11.5 Å². The summed E-state index contributed by atoms with van der Waals surface area (Å²) < 4.78 is 0. The normalized spacial score (nSPS) is 23.4. The second kappa shape index (κ2) is 6.43. The number of aromatic nitrogens is 2. The van der Waals surface area contributed by atoms with Gasteiger partial charge in [0.05, 0.1) is 0 Å². The molecule has 2 saturated heterocycles. The molecular weight excluding hydrogens is 292 g/mol.